The van der Waals surface area contributed by atoms with Crippen LogP contribution in [0.25, 0.3) is 0 Å². The first kappa shape index (κ1) is 16.9. The minimum atomic E-state index is -0.301. The number of nitrogens with zero attached hydrogens (tertiary/aromatic N) is 2. The van der Waals surface area contributed by atoms with Crippen molar-refractivity contribution in [1.82, 2.24) is 9.80 Å². The quantitative estimate of drug-likeness (QED) is 0.835. The van der Waals surface area contributed by atoms with Crippen LogP contribution in [0.4, 0.5) is 4.39 Å². The molecule has 3 saturated heterocycles. The number of morpholine rings is 1. The van der Waals surface area contributed by atoms with Gasteiger partial charge in [0.2, 0.25) is 0 Å². The van der Waals surface area contributed by atoms with Crippen molar-refractivity contribution < 1.29 is 18.7 Å². The van der Waals surface area contributed by atoms with E-state index >= 15 is 0 Å². The number of hydrogen-bond donors (Lipinski definition) is 0. The second-order valence-electron chi connectivity index (χ2n) is 7.13. The number of hydrogen-bond acceptors (Lipinski definition) is 4. The van der Waals surface area contributed by atoms with Crippen molar-refractivity contribution in [3.63, 3.8) is 0 Å². The summed E-state index contributed by atoms with van der Waals surface area (Å²) in [5, 5.41) is 0. The summed E-state index contributed by atoms with van der Waals surface area (Å²) in [6.07, 6.45) is 2.54. The molecule has 0 bridgehead atoms. The zero-order valence-electron chi connectivity index (χ0n) is 14.4. The average Bonchev–Trinajstić information content (AvgIpc) is 3.06. The number of carbonyl (C=O) groups excluding carboxylic acids is 1. The number of amides is 1. The Balaban J connectivity index is 1.34. The van der Waals surface area contributed by atoms with E-state index in [9.17, 15) is 9.18 Å². The van der Waals surface area contributed by atoms with Crippen molar-refractivity contribution in [2.45, 2.75) is 44.1 Å². The highest BCUT2D eigenvalue weighted by Crippen LogP contribution is 2.33. The number of carbonyl (C=O) groups is 1. The standard InChI is InChI=1S/C19H25FN2O3/c20-15-3-1-14(2-4-15)13-22-8-7-17-16(22)5-6-18(25-17)19(23)21-9-11-24-12-10-21/h1-4,16-18H,5-13H2/t16-,17-,18-/m1/s1. The molecule has 0 aliphatic carbocycles. The van der Waals surface area contributed by atoms with Crippen LogP contribution >= 0.6 is 0 Å². The highest BCUT2D eigenvalue weighted by Gasteiger charge is 2.42. The van der Waals surface area contributed by atoms with Crippen LogP contribution in [0.1, 0.15) is 24.8 Å². The largest absolute Gasteiger partial charge is 0.378 e. The van der Waals surface area contributed by atoms with Crippen LogP contribution < -0.4 is 0 Å². The lowest BCUT2D eigenvalue weighted by atomic mass is 9.98. The van der Waals surface area contributed by atoms with Gasteiger partial charge in [-0.05, 0) is 37.0 Å². The summed E-state index contributed by atoms with van der Waals surface area (Å²) in [6.45, 7) is 4.36. The predicted molar refractivity (Wildman–Crippen MR) is 90.5 cm³/mol. The topological polar surface area (TPSA) is 42.0 Å². The van der Waals surface area contributed by atoms with Crippen molar-refractivity contribution in [2.24, 2.45) is 0 Å². The first-order chi connectivity index (χ1) is 12.2. The van der Waals surface area contributed by atoms with Gasteiger partial charge in [0.05, 0.1) is 19.3 Å². The molecule has 3 aliphatic heterocycles. The summed E-state index contributed by atoms with van der Waals surface area (Å²) in [4.78, 5) is 16.9. The van der Waals surface area contributed by atoms with Gasteiger partial charge in [-0.25, -0.2) is 4.39 Å². The first-order valence-corrected chi connectivity index (χ1v) is 9.21. The third kappa shape index (κ3) is 3.71. The normalized spacial score (nSPS) is 30.3. The van der Waals surface area contributed by atoms with Crippen molar-refractivity contribution in [2.75, 3.05) is 32.8 Å². The Morgan fingerprint density at radius 1 is 1.08 bits per heavy atom. The molecule has 1 aromatic carbocycles. The van der Waals surface area contributed by atoms with Crippen LogP contribution in [-0.4, -0.2) is 66.8 Å². The van der Waals surface area contributed by atoms with Gasteiger partial charge in [-0.3, -0.25) is 9.69 Å². The van der Waals surface area contributed by atoms with Crippen LogP contribution in [0.2, 0.25) is 0 Å². The Labute approximate surface area is 147 Å². The summed E-state index contributed by atoms with van der Waals surface area (Å²) in [6, 6.07) is 7.07. The highest BCUT2D eigenvalue weighted by molar-refractivity contribution is 5.81. The molecule has 0 aromatic heterocycles. The monoisotopic (exact) mass is 348 g/mol. The van der Waals surface area contributed by atoms with E-state index in [1.54, 1.807) is 0 Å². The van der Waals surface area contributed by atoms with Gasteiger partial charge in [0.1, 0.15) is 11.9 Å². The van der Waals surface area contributed by atoms with E-state index in [4.69, 9.17) is 9.47 Å². The molecule has 4 rings (SSSR count). The van der Waals surface area contributed by atoms with Crippen molar-refractivity contribution in [1.29, 1.82) is 0 Å². The summed E-state index contributed by atoms with van der Waals surface area (Å²) in [7, 11) is 0. The predicted octanol–water partition coefficient (Wildman–Crippen LogP) is 1.81. The van der Waals surface area contributed by atoms with Crippen LogP contribution in [-0.2, 0) is 20.8 Å². The van der Waals surface area contributed by atoms with Gasteiger partial charge < -0.3 is 14.4 Å². The maximum atomic E-state index is 13.1. The lowest BCUT2D eigenvalue weighted by molar-refractivity contribution is -0.158. The fourth-order valence-electron chi connectivity index (χ4n) is 4.20. The highest BCUT2D eigenvalue weighted by atomic mass is 19.1. The SMILES string of the molecule is O=C([C@H]1CC[C@@H]2[C@@H](CCN2Cc2ccc(F)cc2)O1)N1CCOCC1. The second kappa shape index (κ2) is 7.40. The molecule has 6 heteroatoms. The molecule has 0 N–H and O–H groups in total. The molecule has 3 fully saturated rings. The minimum absolute atomic E-state index is 0.124. The van der Waals surface area contributed by atoms with E-state index in [0.717, 1.165) is 37.9 Å². The maximum absolute atomic E-state index is 13.1. The number of ether oxygens (including phenoxy) is 2. The van der Waals surface area contributed by atoms with Gasteiger partial charge in [-0.15, -0.1) is 0 Å². The van der Waals surface area contributed by atoms with Crippen molar-refractivity contribution >= 4 is 5.91 Å². The Kier molecular flexibility index (Phi) is 5.01. The summed E-state index contributed by atoms with van der Waals surface area (Å²) < 4.78 is 24.6. The van der Waals surface area contributed by atoms with Gasteiger partial charge in [0.15, 0.2) is 0 Å². The molecule has 1 amide bonds. The number of benzene rings is 1. The Morgan fingerprint density at radius 2 is 1.84 bits per heavy atom. The lowest BCUT2D eigenvalue weighted by Gasteiger charge is -2.38. The Bertz CT molecular complexity index is 603. The Hall–Kier alpha value is -1.50. The number of rotatable bonds is 3. The Morgan fingerprint density at radius 3 is 2.60 bits per heavy atom. The van der Waals surface area contributed by atoms with Gasteiger partial charge in [-0.2, -0.15) is 0 Å². The minimum Gasteiger partial charge on any atom is -0.378 e. The molecule has 3 aliphatic rings. The molecular weight excluding hydrogens is 323 g/mol. The third-order valence-corrected chi connectivity index (χ3v) is 5.56. The number of fused-ring (bicyclic) bond motifs is 1. The summed E-state index contributed by atoms with van der Waals surface area (Å²) in [5.41, 5.74) is 1.12. The van der Waals surface area contributed by atoms with Gasteiger partial charge in [-0.1, -0.05) is 12.1 Å². The summed E-state index contributed by atoms with van der Waals surface area (Å²) >= 11 is 0. The molecule has 3 atom stereocenters. The molecule has 0 radical (unpaired) electrons. The van der Waals surface area contributed by atoms with E-state index < -0.39 is 0 Å². The zero-order chi connectivity index (χ0) is 17.2. The smallest absolute Gasteiger partial charge is 0.251 e. The average molecular weight is 348 g/mol. The van der Waals surface area contributed by atoms with E-state index in [-0.39, 0.29) is 23.9 Å². The summed E-state index contributed by atoms with van der Waals surface area (Å²) in [5.74, 6) is -0.0766. The molecule has 25 heavy (non-hydrogen) atoms. The lowest BCUT2D eigenvalue weighted by Crippen LogP contribution is -2.51. The van der Waals surface area contributed by atoms with Crippen LogP contribution in [0, 0.1) is 5.82 Å². The molecule has 0 spiro atoms. The molecular formula is C19H25FN2O3. The van der Waals surface area contributed by atoms with Gasteiger partial charge >= 0.3 is 0 Å². The first-order valence-electron chi connectivity index (χ1n) is 9.21. The van der Waals surface area contributed by atoms with E-state index in [2.05, 4.69) is 4.90 Å². The van der Waals surface area contributed by atoms with Crippen molar-refractivity contribution in [3.05, 3.63) is 35.6 Å². The van der Waals surface area contributed by atoms with Gasteiger partial charge in [0, 0.05) is 32.2 Å². The molecule has 5 nitrogen and oxygen atoms in total. The van der Waals surface area contributed by atoms with Crippen LogP contribution in [0.3, 0.4) is 0 Å². The third-order valence-electron chi connectivity index (χ3n) is 5.56. The van der Waals surface area contributed by atoms with E-state index in [0.29, 0.717) is 32.3 Å². The van der Waals surface area contributed by atoms with Crippen LogP contribution in [0.5, 0.6) is 0 Å². The zero-order valence-corrected chi connectivity index (χ0v) is 14.4. The second-order valence-corrected chi connectivity index (χ2v) is 7.13. The van der Waals surface area contributed by atoms with Crippen molar-refractivity contribution in [3.8, 4) is 0 Å². The number of halogens is 1. The van der Waals surface area contributed by atoms with E-state index in [1.807, 2.05) is 17.0 Å². The fraction of sp³-hybridized carbons (Fsp3) is 0.632. The molecule has 3 heterocycles. The molecule has 136 valence electrons. The molecule has 0 saturated carbocycles. The molecule has 0 unspecified atom stereocenters. The number of likely N-dealkylation sites (tertiary alicyclic amines) is 1. The van der Waals surface area contributed by atoms with E-state index in [1.165, 1.54) is 12.1 Å². The van der Waals surface area contributed by atoms with Gasteiger partial charge in [0.25, 0.3) is 5.91 Å². The fourth-order valence-corrected chi connectivity index (χ4v) is 4.20. The van der Waals surface area contributed by atoms with Crippen LogP contribution in [0.15, 0.2) is 24.3 Å². The maximum Gasteiger partial charge on any atom is 0.251 e. The molecule has 1 aromatic rings.